The summed E-state index contributed by atoms with van der Waals surface area (Å²) in [5, 5.41) is 3.26. The highest BCUT2D eigenvalue weighted by atomic mass is 16.6. The number of rotatable bonds is 1. The van der Waals surface area contributed by atoms with Crippen LogP contribution in [0.4, 0.5) is 5.69 Å². The lowest BCUT2D eigenvalue weighted by atomic mass is 10.1. The molecule has 0 atom stereocenters. The van der Waals surface area contributed by atoms with Crippen LogP contribution in [-0.2, 0) is 11.2 Å². The van der Waals surface area contributed by atoms with Crippen LogP contribution in [0, 0.1) is 0 Å². The van der Waals surface area contributed by atoms with E-state index in [1.165, 1.54) is 5.56 Å². The molecule has 1 N–H and O–H groups in total. The predicted octanol–water partition coefficient (Wildman–Crippen LogP) is 2.61. The maximum atomic E-state index is 11.8. The number of nitrogens with one attached hydrogen (secondary N) is 1. The molecule has 0 fully saturated rings. The lowest BCUT2D eigenvalue weighted by Crippen LogP contribution is -2.23. The van der Waals surface area contributed by atoms with Gasteiger partial charge in [-0.2, -0.15) is 0 Å². The smallest absolute Gasteiger partial charge is 0.338 e. The number of ether oxygens (including phenoxy) is 1. The molecular formula is C13H17NO2. The number of fused-ring (bicyclic) bond motifs is 1. The molecule has 0 spiro atoms. The fourth-order valence-corrected chi connectivity index (χ4v) is 1.77. The monoisotopic (exact) mass is 219 g/mol. The Morgan fingerprint density at radius 2 is 2.12 bits per heavy atom. The van der Waals surface area contributed by atoms with Gasteiger partial charge < -0.3 is 10.1 Å². The molecule has 0 amide bonds. The summed E-state index contributed by atoms with van der Waals surface area (Å²) in [5.74, 6) is -0.248. The molecule has 2 rings (SSSR count). The number of carbonyl (C=O) groups is 1. The Morgan fingerprint density at radius 3 is 2.81 bits per heavy atom. The Kier molecular flexibility index (Phi) is 2.62. The van der Waals surface area contributed by atoms with Gasteiger partial charge >= 0.3 is 5.97 Å². The van der Waals surface area contributed by atoms with E-state index in [4.69, 9.17) is 4.74 Å². The number of benzene rings is 1. The molecule has 0 aromatic heterocycles. The average Bonchev–Trinajstić information content (AvgIpc) is 2.61. The molecule has 1 aliphatic heterocycles. The minimum Gasteiger partial charge on any atom is -0.456 e. The van der Waals surface area contributed by atoms with E-state index in [2.05, 4.69) is 5.32 Å². The summed E-state index contributed by atoms with van der Waals surface area (Å²) in [6, 6.07) is 5.68. The zero-order chi connectivity index (χ0) is 11.8. The molecule has 0 saturated heterocycles. The van der Waals surface area contributed by atoms with Crippen LogP contribution >= 0.6 is 0 Å². The summed E-state index contributed by atoms with van der Waals surface area (Å²) in [5.41, 5.74) is 2.53. The van der Waals surface area contributed by atoms with Crippen LogP contribution in [0.1, 0.15) is 36.7 Å². The van der Waals surface area contributed by atoms with Gasteiger partial charge in [-0.15, -0.1) is 0 Å². The summed E-state index contributed by atoms with van der Waals surface area (Å²) >= 11 is 0. The SMILES string of the molecule is CC(C)(C)OC(=O)c1ccc2c(c1)CCN2. The van der Waals surface area contributed by atoms with Crippen molar-refractivity contribution in [1.29, 1.82) is 0 Å². The molecule has 1 aliphatic rings. The van der Waals surface area contributed by atoms with Crippen LogP contribution in [0.25, 0.3) is 0 Å². The first kappa shape index (κ1) is 11.0. The molecule has 0 saturated carbocycles. The minimum absolute atomic E-state index is 0.248. The molecule has 3 nitrogen and oxygen atoms in total. The van der Waals surface area contributed by atoms with Crippen LogP contribution in [-0.4, -0.2) is 18.1 Å². The van der Waals surface area contributed by atoms with Gasteiger partial charge in [0.15, 0.2) is 0 Å². The zero-order valence-corrected chi connectivity index (χ0v) is 9.96. The molecule has 1 aromatic rings. The number of hydrogen-bond acceptors (Lipinski definition) is 3. The Morgan fingerprint density at radius 1 is 1.38 bits per heavy atom. The summed E-state index contributed by atoms with van der Waals surface area (Å²) in [4.78, 5) is 11.8. The Bertz CT molecular complexity index is 418. The fourth-order valence-electron chi connectivity index (χ4n) is 1.77. The third-order valence-electron chi connectivity index (χ3n) is 2.45. The third kappa shape index (κ3) is 2.35. The van der Waals surface area contributed by atoms with Gasteiger partial charge in [-0.05, 0) is 51.0 Å². The standard InChI is InChI=1S/C13H17NO2/c1-13(2,3)16-12(15)10-4-5-11-9(8-10)6-7-14-11/h4-5,8,14H,6-7H2,1-3H3. The van der Waals surface area contributed by atoms with Crippen molar-refractivity contribution in [3.63, 3.8) is 0 Å². The maximum absolute atomic E-state index is 11.8. The van der Waals surface area contributed by atoms with Crippen LogP contribution in [0.5, 0.6) is 0 Å². The average molecular weight is 219 g/mol. The first-order chi connectivity index (χ1) is 7.46. The van der Waals surface area contributed by atoms with Crippen LogP contribution in [0.2, 0.25) is 0 Å². The molecule has 86 valence electrons. The van der Waals surface area contributed by atoms with Crippen molar-refractivity contribution in [2.24, 2.45) is 0 Å². The van der Waals surface area contributed by atoms with Gasteiger partial charge in [-0.25, -0.2) is 4.79 Å². The number of hydrogen-bond donors (Lipinski definition) is 1. The third-order valence-corrected chi connectivity index (χ3v) is 2.45. The van der Waals surface area contributed by atoms with Crippen molar-refractivity contribution in [2.45, 2.75) is 32.8 Å². The molecule has 1 aromatic carbocycles. The molecule has 0 aliphatic carbocycles. The van der Waals surface area contributed by atoms with E-state index >= 15 is 0 Å². The lowest BCUT2D eigenvalue weighted by Gasteiger charge is -2.19. The van der Waals surface area contributed by atoms with Gasteiger partial charge in [-0.3, -0.25) is 0 Å². The zero-order valence-electron chi connectivity index (χ0n) is 9.96. The molecule has 1 heterocycles. The van der Waals surface area contributed by atoms with E-state index in [9.17, 15) is 4.79 Å². The molecule has 0 unspecified atom stereocenters. The van der Waals surface area contributed by atoms with Crippen molar-refractivity contribution in [3.8, 4) is 0 Å². The topological polar surface area (TPSA) is 38.3 Å². The van der Waals surface area contributed by atoms with Gasteiger partial charge in [0, 0.05) is 12.2 Å². The summed E-state index contributed by atoms with van der Waals surface area (Å²) in [6.07, 6.45) is 0.978. The van der Waals surface area contributed by atoms with E-state index in [0.717, 1.165) is 18.7 Å². The summed E-state index contributed by atoms with van der Waals surface area (Å²) in [7, 11) is 0. The Hall–Kier alpha value is -1.51. The second-order valence-corrected chi connectivity index (χ2v) is 5.05. The number of anilines is 1. The van der Waals surface area contributed by atoms with Gasteiger partial charge in [0.1, 0.15) is 5.60 Å². The highest BCUT2D eigenvalue weighted by molar-refractivity contribution is 5.90. The van der Waals surface area contributed by atoms with Gasteiger partial charge in [-0.1, -0.05) is 0 Å². The van der Waals surface area contributed by atoms with E-state index in [-0.39, 0.29) is 5.97 Å². The molecule has 0 radical (unpaired) electrons. The molecule has 0 bridgehead atoms. The van der Waals surface area contributed by atoms with Crippen LogP contribution in [0.15, 0.2) is 18.2 Å². The molecule has 3 heteroatoms. The van der Waals surface area contributed by atoms with E-state index < -0.39 is 5.60 Å². The predicted molar refractivity (Wildman–Crippen MR) is 63.8 cm³/mol. The highest BCUT2D eigenvalue weighted by Crippen LogP contribution is 2.24. The van der Waals surface area contributed by atoms with E-state index in [1.54, 1.807) is 0 Å². The van der Waals surface area contributed by atoms with Crippen molar-refractivity contribution in [1.82, 2.24) is 0 Å². The van der Waals surface area contributed by atoms with Gasteiger partial charge in [0.2, 0.25) is 0 Å². The number of esters is 1. The van der Waals surface area contributed by atoms with E-state index in [1.807, 2.05) is 39.0 Å². The lowest BCUT2D eigenvalue weighted by molar-refractivity contribution is 0.00695. The van der Waals surface area contributed by atoms with E-state index in [0.29, 0.717) is 5.56 Å². The largest absolute Gasteiger partial charge is 0.456 e. The Balaban J connectivity index is 2.19. The Labute approximate surface area is 95.8 Å². The minimum atomic E-state index is -0.436. The van der Waals surface area contributed by atoms with Gasteiger partial charge in [0.25, 0.3) is 0 Å². The van der Waals surface area contributed by atoms with Crippen molar-refractivity contribution >= 4 is 11.7 Å². The molecule has 16 heavy (non-hydrogen) atoms. The second-order valence-electron chi connectivity index (χ2n) is 5.05. The van der Waals surface area contributed by atoms with Crippen molar-refractivity contribution < 1.29 is 9.53 Å². The maximum Gasteiger partial charge on any atom is 0.338 e. The summed E-state index contributed by atoms with van der Waals surface area (Å²) in [6.45, 7) is 6.58. The fraction of sp³-hybridized carbons (Fsp3) is 0.462. The van der Waals surface area contributed by atoms with Crippen LogP contribution in [0.3, 0.4) is 0 Å². The highest BCUT2D eigenvalue weighted by Gasteiger charge is 2.19. The summed E-state index contributed by atoms with van der Waals surface area (Å²) < 4.78 is 5.32. The first-order valence-electron chi connectivity index (χ1n) is 5.56. The first-order valence-corrected chi connectivity index (χ1v) is 5.56. The second kappa shape index (κ2) is 3.81. The number of carbonyl (C=O) groups excluding carboxylic acids is 1. The van der Waals surface area contributed by atoms with Gasteiger partial charge in [0.05, 0.1) is 5.56 Å². The van der Waals surface area contributed by atoms with Crippen LogP contribution < -0.4 is 5.32 Å². The van der Waals surface area contributed by atoms with Crippen molar-refractivity contribution in [3.05, 3.63) is 29.3 Å². The normalized spacial score (nSPS) is 14.2. The van der Waals surface area contributed by atoms with Crippen molar-refractivity contribution in [2.75, 3.05) is 11.9 Å². The quantitative estimate of drug-likeness (QED) is 0.738. The molecular weight excluding hydrogens is 202 g/mol.